The fraction of sp³-hybridized carbons (Fsp3) is 0.263. The lowest BCUT2D eigenvalue weighted by Crippen LogP contribution is -2.18. The van der Waals surface area contributed by atoms with Gasteiger partial charge in [0, 0.05) is 24.7 Å². The number of amides is 2. The summed E-state index contributed by atoms with van der Waals surface area (Å²) in [5.41, 5.74) is 1.98. The third kappa shape index (κ3) is 4.73. The Bertz CT molecular complexity index is 759. The molecule has 0 aromatic heterocycles. The van der Waals surface area contributed by atoms with Crippen molar-refractivity contribution in [1.29, 1.82) is 0 Å². The maximum Gasteiger partial charge on any atom is 0.251 e. The van der Waals surface area contributed by atoms with Crippen molar-refractivity contribution in [2.75, 3.05) is 26.6 Å². The van der Waals surface area contributed by atoms with E-state index in [1.54, 1.807) is 45.5 Å². The molecular weight excluding hydrogens is 320 g/mol. The molecule has 0 aliphatic heterocycles. The molecule has 132 valence electrons. The van der Waals surface area contributed by atoms with Gasteiger partial charge < -0.3 is 20.1 Å². The lowest BCUT2D eigenvalue weighted by atomic mass is 10.1. The van der Waals surface area contributed by atoms with Crippen LogP contribution in [0, 0.1) is 0 Å². The molecule has 0 aliphatic rings. The Hall–Kier alpha value is -3.02. The molecule has 6 heteroatoms. The minimum Gasteiger partial charge on any atom is -0.493 e. The highest BCUT2D eigenvalue weighted by atomic mass is 16.5. The summed E-state index contributed by atoms with van der Waals surface area (Å²) in [6, 6.07) is 12.4. The van der Waals surface area contributed by atoms with Crippen LogP contribution in [0.15, 0.2) is 42.5 Å². The minimum absolute atomic E-state index is 0.140. The fourth-order valence-corrected chi connectivity index (χ4v) is 2.50. The molecule has 0 unspecified atom stereocenters. The Balaban J connectivity index is 2.01. The summed E-state index contributed by atoms with van der Waals surface area (Å²) in [5.74, 6) is 0.939. The second kappa shape index (κ2) is 8.73. The van der Waals surface area contributed by atoms with Crippen LogP contribution in [-0.4, -0.2) is 33.1 Å². The first-order valence-corrected chi connectivity index (χ1v) is 7.91. The van der Waals surface area contributed by atoms with Crippen molar-refractivity contribution in [1.82, 2.24) is 5.32 Å². The number of carbonyl (C=O) groups is 2. The van der Waals surface area contributed by atoms with E-state index in [-0.39, 0.29) is 18.2 Å². The molecule has 0 saturated heterocycles. The molecule has 0 heterocycles. The van der Waals surface area contributed by atoms with Crippen molar-refractivity contribution < 1.29 is 19.1 Å². The topological polar surface area (TPSA) is 76.7 Å². The number of ether oxygens (including phenoxy) is 2. The van der Waals surface area contributed by atoms with Crippen molar-refractivity contribution >= 4 is 17.5 Å². The van der Waals surface area contributed by atoms with Gasteiger partial charge in [-0.15, -0.1) is 0 Å². The van der Waals surface area contributed by atoms with Crippen molar-refractivity contribution in [3.8, 4) is 11.5 Å². The zero-order valence-corrected chi connectivity index (χ0v) is 14.6. The van der Waals surface area contributed by atoms with Crippen LogP contribution in [0.4, 0.5) is 5.69 Å². The van der Waals surface area contributed by atoms with E-state index < -0.39 is 0 Å². The monoisotopic (exact) mass is 342 g/mol. The number of para-hydroxylation sites is 1. The van der Waals surface area contributed by atoms with E-state index >= 15 is 0 Å². The standard InChI is InChI=1S/C19H22N2O4/c1-20-19(23)14-7-4-8-15(12-14)21-17(22)11-10-13-6-5-9-16(24-2)18(13)25-3/h4-9,12H,10-11H2,1-3H3,(H,20,23)(H,21,22). The highest BCUT2D eigenvalue weighted by molar-refractivity contribution is 5.97. The molecule has 2 aromatic rings. The van der Waals surface area contributed by atoms with Gasteiger partial charge in [-0.1, -0.05) is 18.2 Å². The summed E-state index contributed by atoms with van der Waals surface area (Å²) in [6.45, 7) is 0. The Kier molecular flexibility index (Phi) is 6.39. The van der Waals surface area contributed by atoms with E-state index in [1.165, 1.54) is 0 Å². The zero-order valence-electron chi connectivity index (χ0n) is 14.6. The average molecular weight is 342 g/mol. The molecule has 2 N–H and O–H groups in total. The predicted molar refractivity (Wildman–Crippen MR) is 96.3 cm³/mol. The molecular formula is C19H22N2O4. The number of aryl methyl sites for hydroxylation is 1. The molecule has 0 bridgehead atoms. The van der Waals surface area contributed by atoms with Gasteiger partial charge in [-0.2, -0.15) is 0 Å². The average Bonchev–Trinajstić information content (AvgIpc) is 2.65. The second-order valence-electron chi connectivity index (χ2n) is 5.36. The smallest absolute Gasteiger partial charge is 0.251 e. The fourth-order valence-electron chi connectivity index (χ4n) is 2.50. The second-order valence-corrected chi connectivity index (χ2v) is 5.36. The third-order valence-electron chi connectivity index (χ3n) is 3.74. The Morgan fingerprint density at radius 2 is 1.80 bits per heavy atom. The number of hydrogen-bond acceptors (Lipinski definition) is 4. The number of anilines is 1. The molecule has 6 nitrogen and oxygen atoms in total. The number of carbonyl (C=O) groups excluding carboxylic acids is 2. The van der Waals surface area contributed by atoms with E-state index in [0.717, 1.165) is 5.56 Å². The summed E-state index contributed by atoms with van der Waals surface area (Å²) < 4.78 is 10.6. The molecule has 25 heavy (non-hydrogen) atoms. The third-order valence-corrected chi connectivity index (χ3v) is 3.74. The molecule has 2 aromatic carbocycles. The molecule has 0 radical (unpaired) electrons. The van der Waals surface area contributed by atoms with Crippen LogP contribution in [0.2, 0.25) is 0 Å². The molecule has 0 aliphatic carbocycles. The van der Waals surface area contributed by atoms with Gasteiger partial charge in [-0.3, -0.25) is 9.59 Å². The van der Waals surface area contributed by atoms with Crippen LogP contribution in [0.1, 0.15) is 22.3 Å². The zero-order chi connectivity index (χ0) is 18.2. The summed E-state index contributed by atoms with van der Waals surface area (Å²) in [6.07, 6.45) is 0.801. The number of benzene rings is 2. The first-order chi connectivity index (χ1) is 12.1. The molecule has 2 amide bonds. The van der Waals surface area contributed by atoms with Gasteiger partial charge in [0.2, 0.25) is 5.91 Å². The normalized spacial score (nSPS) is 10.0. The number of nitrogens with one attached hydrogen (secondary N) is 2. The highest BCUT2D eigenvalue weighted by Gasteiger charge is 2.12. The van der Waals surface area contributed by atoms with Gasteiger partial charge in [0.1, 0.15) is 0 Å². The van der Waals surface area contributed by atoms with E-state index in [4.69, 9.17) is 9.47 Å². The van der Waals surface area contributed by atoms with Crippen molar-refractivity contribution in [3.63, 3.8) is 0 Å². The maximum absolute atomic E-state index is 12.2. The van der Waals surface area contributed by atoms with Gasteiger partial charge in [0.25, 0.3) is 5.91 Å². The predicted octanol–water partition coefficient (Wildman–Crippen LogP) is 2.63. The lowest BCUT2D eigenvalue weighted by molar-refractivity contribution is -0.116. The van der Waals surface area contributed by atoms with Gasteiger partial charge in [0.05, 0.1) is 14.2 Å². The van der Waals surface area contributed by atoms with Crippen LogP contribution in [0.3, 0.4) is 0 Å². The summed E-state index contributed by atoms with van der Waals surface area (Å²) >= 11 is 0. The van der Waals surface area contributed by atoms with E-state index in [0.29, 0.717) is 29.2 Å². The molecule has 0 saturated carbocycles. The van der Waals surface area contributed by atoms with Gasteiger partial charge in [0.15, 0.2) is 11.5 Å². The number of hydrogen-bond donors (Lipinski definition) is 2. The molecule has 0 atom stereocenters. The Morgan fingerprint density at radius 3 is 2.48 bits per heavy atom. The van der Waals surface area contributed by atoms with Crippen molar-refractivity contribution in [3.05, 3.63) is 53.6 Å². The van der Waals surface area contributed by atoms with Crippen LogP contribution in [0.5, 0.6) is 11.5 Å². The van der Waals surface area contributed by atoms with Crippen LogP contribution in [-0.2, 0) is 11.2 Å². The Labute approximate surface area is 147 Å². The van der Waals surface area contributed by atoms with Gasteiger partial charge in [-0.05, 0) is 36.2 Å². The van der Waals surface area contributed by atoms with Crippen LogP contribution >= 0.6 is 0 Å². The van der Waals surface area contributed by atoms with E-state index in [1.807, 2.05) is 18.2 Å². The largest absolute Gasteiger partial charge is 0.493 e. The number of methoxy groups -OCH3 is 2. The summed E-state index contributed by atoms with van der Waals surface area (Å²) in [7, 11) is 4.72. The maximum atomic E-state index is 12.2. The van der Waals surface area contributed by atoms with Crippen LogP contribution < -0.4 is 20.1 Å². The first-order valence-electron chi connectivity index (χ1n) is 7.91. The van der Waals surface area contributed by atoms with E-state index in [2.05, 4.69) is 10.6 Å². The van der Waals surface area contributed by atoms with Crippen LogP contribution in [0.25, 0.3) is 0 Å². The minimum atomic E-state index is -0.197. The quantitative estimate of drug-likeness (QED) is 0.811. The van der Waals surface area contributed by atoms with Gasteiger partial charge in [-0.25, -0.2) is 0 Å². The highest BCUT2D eigenvalue weighted by Crippen LogP contribution is 2.31. The van der Waals surface area contributed by atoms with Gasteiger partial charge >= 0.3 is 0 Å². The molecule has 0 spiro atoms. The Morgan fingerprint density at radius 1 is 1.04 bits per heavy atom. The molecule has 2 rings (SSSR count). The first kappa shape index (κ1) is 18.3. The summed E-state index contributed by atoms with van der Waals surface area (Å²) in [5, 5.41) is 5.36. The van der Waals surface area contributed by atoms with E-state index in [9.17, 15) is 9.59 Å². The number of rotatable bonds is 7. The lowest BCUT2D eigenvalue weighted by Gasteiger charge is -2.12. The van der Waals surface area contributed by atoms with Crippen molar-refractivity contribution in [2.24, 2.45) is 0 Å². The van der Waals surface area contributed by atoms with Crippen molar-refractivity contribution in [2.45, 2.75) is 12.8 Å². The SMILES string of the molecule is CNC(=O)c1cccc(NC(=O)CCc2cccc(OC)c2OC)c1. The molecule has 0 fully saturated rings. The summed E-state index contributed by atoms with van der Waals surface area (Å²) in [4.78, 5) is 23.9.